The summed E-state index contributed by atoms with van der Waals surface area (Å²) in [7, 11) is 7.01. The maximum atomic E-state index is 14.3. The number of nitrogens with one attached hydrogen (secondary N) is 1. The molecule has 12 heteroatoms. The molecule has 12 nitrogen and oxygen atoms in total. The van der Waals surface area contributed by atoms with Crippen LogP contribution in [0.3, 0.4) is 0 Å². The predicted molar refractivity (Wildman–Crippen MR) is 154 cm³/mol. The van der Waals surface area contributed by atoms with E-state index in [1.807, 2.05) is 25.1 Å². The minimum atomic E-state index is -2.22. The van der Waals surface area contributed by atoms with Gasteiger partial charge in [0.25, 0.3) is 0 Å². The van der Waals surface area contributed by atoms with Gasteiger partial charge in [-0.15, -0.1) is 5.11 Å². The Morgan fingerprint density at radius 1 is 1.17 bits per heavy atom. The fourth-order valence-corrected chi connectivity index (χ4v) is 7.80. The summed E-state index contributed by atoms with van der Waals surface area (Å²) in [6.45, 7) is 1.77. The molecule has 0 aromatic heterocycles. The van der Waals surface area contributed by atoms with Crippen molar-refractivity contribution in [2.75, 3.05) is 33.1 Å². The highest BCUT2D eigenvalue weighted by Crippen LogP contribution is 2.54. The molecule has 1 saturated carbocycles. The molecule has 1 fully saturated rings. The normalized spacial score (nSPS) is 27.9. The van der Waals surface area contributed by atoms with Crippen LogP contribution in [0.5, 0.6) is 5.75 Å². The molecule has 1 amide bonds. The second-order valence-corrected chi connectivity index (χ2v) is 12.6. The third-order valence-electron chi connectivity index (χ3n) is 9.84. The number of hydrazine groups is 1. The number of fused-ring (bicyclic) bond motifs is 3. The average Bonchev–Trinajstić information content (AvgIpc) is 3.47. The number of carbonyl (C=O) groups is 3. The largest absolute Gasteiger partial charge is 0.508 e. The van der Waals surface area contributed by atoms with Gasteiger partial charge >= 0.3 is 5.91 Å². The smallest absolute Gasteiger partial charge is 0.302 e. The second-order valence-electron chi connectivity index (χ2n) is 12.6. The Bertz CT molecular complexity index is 1440. The van der Waals surface area contributed by atoms with Crippen LogP contribution in [0.1, 0.15) is 60.5 Å². The van der Waals surface area contributed by atoms with Crippen molar-refractivity contribution in [2.45, 2.75) is 69.7 Å². The Kier molecular flexibility index (Phi) is 7.63. The lowest BCUT2D eigenvalue weighted by Gasteiger charge is -2.51. The van der Waals surface area contributed by atoms with Crippen molar-refractivity contribution in [1.29, 1.82) is 5.53 Å². The summed E-state index contributed by atoms with van der Waals surface area (Å²) in [6, 6.07) is 1.06. The van der Waals surface area contributed by atoms with E-state index in [9.17, 15) is 29.7 Å². The van der Waals surface area contributed by atoms with E-state index in [1.54, 1.807) is 24.0 Å². The van der Waals surface area contributed by atoms with Crippen molar-refractivity contribution >= 4 is 23.2 Å². The molecule has 0 radical (unpaired) electrons. The summed E-state index contributed by atoms with van der Waals surface area (Å²) in [5.41, 5.74) is 6.69. The Balaban J connectivity index is 1.69. The van der Waals surface area contributed by atoms with Crippen molar-refractivity contribution in [3.05, 3.63) is 45.2 Å². The number of amides is 1. The van der Waals surface area contributed by atoms with E-state index >= 15 is 0 Å². The first kappa shape index (κ1) is 30.0. The topological polar surface area (TPSA) is 184 Å². The van der Waals surface area contributed by atoms with Crippen molar-refractivity contribution in [2.24, 2.45) is 22.8 Å². The van der Waals surface area contributed by atoms with E-state index in [0.29, 0.717) is 17.5 Å². The van der Waals surface area contributed by atoms with E-state index in [0.717, 1.165) is 31.4 Å². The molecule has 1 aromatic carbocycles. The first-order valence-corrected chi connectivity index (χ1v) is 14.4. The molecule has 4 aliphatic rings. The second kappa shape index (κ2) is 10.7. The zero-order valence-electron chi connectivity index (χ0n) is 24.8. The van der Waals surface area contributed by atoms with Crippen molar-refractivity contribution in [3.8, 4) is 5.75 Å². The number of phenolic OH excluding ortho intramolecular Hbond substituents is 1. The molecule has 226 valence electrons. The zero-order valence-corrected chi connectivity index (χ0v) is 24.8. The average molecular weight is 581 g/mol. The van der Waals surface area contributed by atoms with E-state index < -0.39 is 52.3 Å². The van der Waals surface area contributed by atoms with Gasteiger partial charge in [-0.05, 0) is 69.8 Å². The lowest BCUT2D eigenvalue weighted by molar-refractivity contribution is -0.134. The number of likely N-dealkylation sites (N-methyl/N-ethyl adjacent to an activating group) is 1. The van der Waals surface area contributed by atoms with Crippen LogP contribution in [0.15, 0.2) is 33.7 Å². The number of Topliss-reactive ketones (excluding diaryl/α,β-unsaturated/α-hetero) is 2. The number of aromatic hydroxyl groups is 1. The van der Waals surface area contributed by atoms with Crippen LogP contribution in [0.25, 0.3) is 0 Å². The summed E-state index contributed by atoms with van der Waals surface area (Å²) >= 11 is 0. The van der Waals surface area contributed by atoms with Crippen LogP contribution in [0.4, 0.5) is 5.69 Å². The van der Waals surface area contributed by atoms with Gasteiger partial charge in [-0.1, -0.05) is 12.8 Å². The molecule has 0 saturated heterocycles. The molecule has 1 unspecified atom stereocenters. The van der Waals surface area contributed by atoms with E-state index in [1.165, 1.54) is 6.92 Å². The third-order valence-corrected chi connectivity index (χ3v) is 9.84. The highest BCUT2D eigenvalue weighted by molar-refractivity contribution is 6.23. The van der Waals surface area contributed by atoms with E-state index in [4.69, 9.17) is 11.4 Å². The number of aliphatic hydroxyl groups is 2. The number of rotatable bonds is 6. The number of carbonyl (C=O) groups excluding carboxylic acids is 3. The fourth-order valence-electron chi connectivity index (χ4n) is 7.80. The SMILES string of the molecule is CC1=C2C(=O)c3c(O)c(CN(N)C4CCCC4)cc(N(C)C)c3C[C@H]2C[C@H]2C(N(C)C)C(=O)C(C(=O)N=N)=C(O)[C@@]12O. The maximum Gasteiger partial charge on any atom is 0.302 e. The monoisotopic (exact) mass is 580 g/mol. The lowest BCUT2D eigenvalue weighted by atomic mass is 9.57. The van der Waals surface area contributed by atoms with Gasteiger partial charge in [-0.25, -0.2) is 10.5 Å². The molecule has 42 heavy (non-hydrogen) atoms. The number of aliphatic hydroxyl groups excluding tert-OH is 1. The van der Waals surface area contributed by atoms with Crippen LogP contribution in [0.2, 0.25) is 0 Å². The van der Waals surface area contributed by atoms with Crippen LogP contribution in [-0.2, 0) is 22.6 Å². The highest BCUT2D eigenvalue weighted by atomic mass is 16.3. The predicted octanol–water partition coefficient (Wildman–Crippen LogP) is 2.38. The van der Waals surface area contributed by atoms with Crippen LogP contribution >= 0.6 is 0 Å². The summed E-state index contributed by atoms with van der Waals surface area (Å²) in [5, 5.41) is 39.5. The van der Waals surface area contributed by atoms with Gasteiger partial charge in [-0.3, -0.25) is 25.1 Å². The molecular formula is C30H40N6O6. The molecule has 6 N–H and O–H groups in total. The molecule has 0 spiro atoms. The fraction of sp³-hybridized carbons (Fsp3) is 0.567. The molecule has 0 bridgehead atoms. The highest BCUT2D eigenvalue weighted by Gasteiger charge is 2.61. The molecule has 0 aliphatic heterocycles. The third kappa shape index (κ3) is 4.31. The summed E-state index contributed by atoms with van der Waals surface area (Å²) in [5.74, 6) is 1.63. The Morgan fingerprint density at radius 3 is 2.38 bits per heavy atom. The Labute approximate surface area is 244 Å². The first-order chi connectivity index (χ1) is 19.7. The van der Waals surface area contributed by atoms with E-state index in [2.05, 4.69) is 5.11 Å². The number of nitrogens with zero attached hydrogens (tertiary/aromatic N) is 4. The standard InChI is InChI=1S/C30H40N6O6/c1-14-21-15(11-19-24(35(4)5)27(39)23(29(41)33-31)28(40)30(14,19)42)10-18-20(34(2)3)12-16(25(37)22(18)26(21)38)13-36(32)17-8-6-7-9-17/h12,15,17,19,24,31,37,40,42H,6-11,13,32H2,1-5H3/t15-,19-,24?,30+/m0/s1. The van der Waals surface area contributed by atoms with E-state index in [-0.39, 0.29) is 41.5 Å². The maximum absolute atomic E-state index is 14.3. The van der Waals surface area contributed by atoms with Gasteiger partial charge in [0.15, 0.2) is 11.6 Å². The number of nitrogens with two attached hydrogens (primary N) is 1. The van der Waals surface area contributed by atoms with Crippen LogP contribution < -0.4 is 10.7 Å². The van der Waals surface area contributed by atoms with Gasteiger partial charge in [0.1, 0.15) is 22.7 Å². The molecule has 0 heterocycles. The number of ketones is 2. The van der Waals surface area contributed by atoms with Gasteiger partial charge < -0.3 is 20.2 Å². The quantitative estimate of drug-likeness (QED) is 0.145. The van der Waals surface area contributed by atoms with Gasteiger partial charge in [-0.2, -0.15) is 0 Å². The number of hydrogen-bond donors (Lipinski definition) is 5. The molecule has 1 aromatic rings. The Hall–Kier alpha value is -3.45. The minimum absolute atomic E-state index is 0.120. The first-order valence-electron chi connectivity index (χ1n) is 14.4. The molecule has 5 rings (SSSR count). The van der Waals surface area contributed by atoms with Gasteiger partial charge in [0.2, 0.25) is 0 Å². The molecule has 4 atom stereocenters. The van der Waals surface area contributed by atoms with Crippen LogP contribution in [-0.4, -0.2) is 88.6 Å². The zero-order chi connectivity index (χ0) is 30.8. The lowest BCUT2D eigenvalue weighted by Crippen LogP contribution is -2.62. The molecular weight excluding hydrogens is 540 g/mol. The Morgan fingerprint density at radius 2 is 1.81 bits per heavy atom. The summed E-state index contributed by atoms with van der Waals surface area (Å²) in [6.07, 6.45) is 4.67. The number of hydrogen-bond acceptors (Lipinski definition) is 11. The van der Waals surface area contributed by atoms with Crippen LogP contribution in [0, 0.1) is 17.4 Å². The van der Waals surface area contributed by atoms with Crippen molar-refractivity contribution in [3.63, 3.8) is 0 Å². The summed E-state index contributed by atoms with van der Waals surface area (Å²) in [4.78, 5) is 43.8. The minimum Gasteiger partial charge on any atom is -0.508 e. The summed E-state index contributed by atoms with van der Waals surface area (Å²) < 4.78 is 0. The number of anilines is 1. The number of phenols is 1. The molecule has 4 aliphatic carbocycles. The van der Waals surface area contributed by atoms with Crippen molar-refractivity contribution < 1.29 is 29.7 Å². The van der Waals surface area contributed by atoms with Crippen molar-refractivity contribution in [1.82, 2.24) is 9.91 Å². The number of benzene rings is 1. The number of allylic oxidation sites excluding steroid dienone is 1. The van der Waals surface area contributed by atoms with Gasteiger partial charge in [0, 0.05) is 49.4 Å². The van der Waals surface area contributed by atoms with Gasteiger partial charge in [0.05, 0.1) is 11.6 Å².